The van der Waals surface area contributed by atoms with Gasteiger partial charge in [0.25, 0.3) is 0 Å². The fourth-order valence-electron chi connectivity index (χ4n) is 2.02. The third kappa shape index (κ3) is 4.32. The average Bonchev–Trinajstić information content (AvgIpc) is 2.89. The van der Waals surface area contributed by atoms with Crippen molar-refractivity contribution in [2.24, 2.45) is 0 Å². The van der Waals surface area contributed by atoms with Gasteiger partial charge < -0.3 is 19.7 Å². The molecule has 22 heavy (non-hydrogen) atoms. The van der Waals surface area contributed by atoms with Crippen LogP contribution in [0, 0.1) is 0 Å². The van der Waals surface area contributed by atoms with Gasteiger partial charge in [0.1, 0.15) is 5.01 Å². The van der Waals surface area contributed by atoms with E-state index in [1.165, 1.54) is 11.3 Å². The molecule has 120 valence electrons. The average molecular weight is 323 g/mol. The van der Waals surface area contributed by atoms with E-state index in [1.54, 1.807) is 7.11 Å². The van der Waals surface area contributed by atoms with Crippen molar-refractivity contribution in [2.45, 2.75) is 13.0 Å². The summed E-state index contributed by atoms with van der Waals surface area (Å²) in [5.41, 5.74) is 0.858. The van der Waals surface area contributed by atoms with Crippen molar-refractivity contribution < 1.29 is 14.3 Å². The van der Waals surface area contributed by atoms with E-state index in [2.05, 4.69) is 15.2 Å². The third-order valence-electron chi connectivity index (χ3n) is 3.06. The van der Waals surface area contributed by atoms with Crippen molar-refractivity contribution in [2.75, 3.05) is 34.4 Å². The summed E-state index contributed by atoms with van der Waals surface area (Å²) < 4.78 is 12.2. The molecular weight excluding hydrogens is 302 g/mol. The van der Waals surface area contributed by atoms with Crippen LogP contribution in [0.1, 0.15) is 11.4 Å². The number of amides is 1. The zero-order valence-electron chi connectivity index (χ0n) is 13.1. The summed E-state index contributed by atoms with van der Waals surface area (Å²) in [5.74, 6) is 1.41. The predicted molar refractivity (Wildman–Crippen MR) is 87.7 cm³/mol. The van der Waals surface area contributed by atoms with E-state index in [4.69, 9.17) is 9.47 Å². The molecule has 0 saturated carbocycles. The van der Waals surface area contributed by atoms with Crippen molar-refractivity contribution in [1.82, 2.24) is 15.2 Å². The molecule has 1 aromatic carbocycles. The van der Waals surface area contributed by atoms with Gasteiger partial charge in [0.05, 0.1) is 30.5 Å². The van der Waals surface area contributed by atoms with E-state index in [9.17, 15) is 4.79 Å². The molecular formula is C15H21N3O3S. The number of thiazole rings is 1. The Kier molecular flexibility index (Phi) is 5.97. The van der Waals surface area contributed by atoms with Crippen LogP contribution in [0.15, 0.2) is 12.1 Å². The first kappa shape index (κ1) is 16.5. The van der Waals surface area contributed by atoms with E-state index in [0.29, 0.717) is 31.1 Å². The summed E-state index contributed by atoms with van der Waals surface area (Å²) in [6.45, 7) is 2.04. The number of benzene rings is 1. The van der Waals surface area contributed by atoms with Gasteiger partial charge in [-0.25, -0.2) is 4.98 Å². The second-order valence-electron chi connectivity index (χ2n) is 5.08. The van der Waals surface area contributed by atoms with E-state index in [0.717, 1.165) is 28.2 Å². The third-order valence-corrected chi connectivity index (χ3v) is 4.08. The highest BCUT2D eigenvalue weighted by Gasteiger charge is 2.11. The molecule has 7 heteroatoms. The number of carbonyl (C=O) groups excluding carboxylic acids is 1. The first-order valence-corrected chi connectivity index (χ1v) is 7.87. The van der Waals surface area contributed by atoms with Crippen molar-refractivity contribution >= 4 is 28.0 Å². The molecule has 0 spiro atoms. The summed E-state index contributed by atoms with van der Waals surface area (Å²) in [6.07, 6.45) is 1.62. The predicted octanol–water partition coefficient (Wildman–Crippen LogP) is 1.88. The topological polar surface area (TPSA) is 63.7 Å². The van der Waals surface area contributed by atoms with Gasteiger partial charge in [-0.1, -0.05) is 0 Å². The summed E-state index contributed by atoms with van der Waals surface area (Å²) in [4.78, 5) is 17.0. The zero-order chi connectivity index (χ0) is 15.9. The van der Waals surface area contributed by atoms with Crippen molar-refractivity contribution in [3.63, 3.8) is 0 Å². The lowest BCUT2D eigenvalue weighted by atomic mass is 10.3. The molecule has 2 aromatic rings. The molecule has 6 nitrogen and oxygen atoms in total. The SMILES string of the molecule is COc1cc2sc(CNC=O)nc2cc1OCCCN(C)C. The zero-order valence-corrected chi connectivity index (χ0v) is 13.9. The smallest absolute Gasteiger partial charge is 0.207 e. The molecule has 0 radical (unpaired) electrons. The minimum Gasteiger partial charge on any atom is -0.493 e. The normalized spacial score (nSPS) is 10.9. The molecule has 1 aromatic heterocycles. The molecule has 0 saturated heterocycles. The molecule has 0 fully saturated rings. The first-order chi connectivity index (χ1) is 10.6. The Balaban J connectivity index is 2.12. The molecule has 0 aliphatic rings. The number of nitrogens with one attached hydrogen (secondary N) is 1. The van der Waals surface area contributed by atoms with Crippen molar-refractivity contribution in [1.29, 1.82) is 0 Å². The largest absolute Gasteiger partial charge is 0.493 e. The standard InChI is InChI=1S/C15H21N3O3S/c1-18(2)5-4-6-21-13-7-11-14(8-12(13)20-3)22-15(17-11)9-16-10-19/h7-8,10H,4-6,9H2,1-3H3,(H,16,19). The number of fused-ring (bicyclic) bond motifs is 1. The molecule has 0 atom stereocenters. The number of ether oxygens (including phenoxy) is 2. The number of hydrogen-bond acceptors (Lipinski definition) is 6. The highest BCUT2D eigenvalue weighted by Crippen LogP contribution is 2.35. The second kappa shape index (κ2) is 7.95. The number of nitrogens with zero attached hydrogens (tertiary/aromatic N) is 2. The van der Waals surface area contributed by atoms with Crippen LogP contribution in [0.2, 0.25) is 0 Å². The Morgan fingerprint density at radius 2 is 2.18 bits per heavy atom. The van der Waals surface area contributed by atoms with Crippen LogP contribution in [0.25, 0.3) is 10.2 Å². The van der Waals surface area contributed by atoms with Gasteiger partial charge in [0.15, 0.2) is 11.5 Å². The Labute approximate surface area is 134 Å². The van der Waals surface area contributed by atoms with Gasteiger partial charge >= 0.3 is 0 Å². The highest BCUT2D eigenvalue weighted by atomic mass is 32.1. The van der Waals surface area contributed by atoms with Crippen LogP contribution < -0.4 is 14.8 Å². The molecule has 0 aliphatic carbocycles. The van der Waals surface area contributed by atoms with Gasteiger partial charge in [-0.3, -0.25) is 4.79 Å². The monoisotopic (exact) mass is 323 g/mol. The van der Waals surface area contributed by atoms with Gasteiger partial charge in [-0.2, -0.15) is 0 Å². The summed E-state index contributed by atoms with van der Waals surface area (Å²) in [6, 6.07) is 3.82. The Morgan fingerprint density at radius 3 is 2.86 bits per heavy atom. The fourth-order valence-corrected chi connectivity index (χ4v) is 2.95. The Hall–Kier alpha value is -1.86. The molecule has 0 unspecified atom stereocenters. The number of hydrogen-bond donors (Lipinski definition) is 1. The Bertz CT molecular complexity index is 628. The maximum Gasteiger partial charge on any atom is 0.207 e. The van der Waals surface area contributed by atoms with Crippen LogP contribution >= 0.6 is 11.3 Å². The van der Waals surface area contributed by atoms with Gasteiger partial charge in [0.2, 0.25) is 6.41 Å². The van der Waals surface area contributed by atoms with E-state index < -0.39 is 0 Å². The number of carbonyl (C=O) groups is 1. The van der Waals surface area contributed by atoms with Crippen LogP contribution in [0.4, 0.5) is 0 Å². The lowest BCUT2D eigenvalue weighted by Gasteiger charge is -2.12. The first-order valence-electron chi connectivity index (χ1n) is 7.06. The second-order valence-corrected chi connectivity index (χ2v) is 6.20. The van der Waals surface area contributed by atoms with Crippen LogP contribution in [-0.4, -0.2) is 50.7 Å². The van der Waals surface area contributed by atoms with Crippen LogP contribution in [-0.2, 0) is 11.3 Å². The maximum atomic E-state index is 10.4. The van der Waals surface area contributed by atoms with Crippen LogP contribution in [0.3, 0.4) is 0 Å². The molecule has 1 N–H and O–H groups in total. The molecule has 1 amide bonds. The van der Waals surface area contributed by atoms with Gasteiger partial charge in [-0.15, -0.1) is 11.3 Å². The van der Waals surface area contributed by atoms with Crippen molar-refractivity contribution in [3.05, 3.63) is 17.1 Å². The summed E-state index contributed by atoms with van der Waals surface area (Å²) in [7, 11) is 5.71. The number of methoxy groups -OCH3 is 1. The molecule has 2 rings (SSSR count). The minimum atomic E-state index is 0.435. The van der Waals surface area contributed by atoms with E-state index in [-0.39, 0.29) is 0 Å². The van der Waals surface area contributed by atoms with E-state index in [1.807, 2.05) is 26.2 Å². The molecule has 1 heterocycles. The lowest BCUT2D eigenvalue weighted by Crippen LogP contribution is -2.15. The molecule has 0 aliphatic heterocycles. The van der Waals surface area contributed by atoms with Crippen molar-refractivity contribution in [3.8, 4) is 11.5 Å². The van der Waals surface area contributed by atoms with Gasteiger partial charge in [-0.05, 0) is 20.5 Å². The van der Waals surface area contributed by atoms with E-state index >= 15 is 0 Å². The highest BCUT2D eigenvalue weighted by molar-refractivity contribution is 7.18. The van der Waals surface area contributed by atoms with Crippen LogP contribution in [0.5, 0.6) is 11.5 Å². The maximum absolute atomic E-state index is 10.4. The Morgan fingerprint density at radius 1 is 1.36 bits per heavy atom. The number of rotatable bonds is 9. The quantitative estimate of drug-likeness (QED) is 0.564. The van der Waals surface area contributed by atoms with Gasteiger partial charge in [0, 0.05) is 18.7 Å². The fraction of sp³-hybridized carbons (Fsp3) is 0.467. The lowest BCUT2D eigenvalue weighted by molar-refractivity contribution is -0.109. The molecule has 0 bridgehead atoms. The summed E-state index contributed by atoms with van der Waals surface area (Å²) >= 11 is 1.53. The minimum absolute atomic E-state index is 0.435. The summed E-state index contributed by atoms with van der Waals surface area (Å²) in [5, 5.41) is 3.48. The number of aromatic nitrogens is 1.